The Morgan fingerprint density at radius 2 is 1.50 bits per heavy atom. The molecule has 0 aromatic carbocycles. The van der Waals surface area contributed by atoms with Crippen molar-refractivity contribution in [1.82, 2.24) is 0 Å². The van der Waals surface area contributed by atoms with Gasteiger partial charge in [-0.1, -0.05) is 5.57 Å². The van der Waals surface area contributed by atoms with Gasteiger partial charge in [0.15, 0.2) is 5.71 Å². The van der Waals surface area contributed by atoms with E-state index in [-0.39, 0.29) is 0 Å². The molecular formula is C11H16N+. The van der Waals surface area contributed by atoms with E-state index in [1.54, 1.807) is 0 Å². The highest BCUT2D eigenvalue weighted by atomic mass is 14.9. The van der Waals surface area contributed by atoms with Crippen LogP contribution in [0.15, 0.2) is 35.5 Å². The van der Waals surface area contributed by atoms with E-state index in [1.165, 1.54) is 16.9 Å². The third-order valence-corrected chi connectivity index (χ3v) is 1.96. The van der Waals surface area contributed by atoms with Gasteiger partial charge in [-0.05, 0) is 31.6 Å². The first-order valence-electron chi connectivity index (χ1n) is 4.19. The molecule has 0 unspecified atom stereocenters. The molecule has 0 radical (unpaired) electrons. The van der Waals surface area contributed by atoms with Crippen LogP contribution in [0.2, 0.25) is 0 Å². The maximum atomic E-state index is 2.16. The van der Waals surface area contributed by atoms with Crippen LogP contribution in [-0.2, 0) is 0 Å². The minimum atomic E-state index is 1.25. The molecule has 12 heavy (non-hydrogen) atoms. The Labute approximate surface area is 74.4 Å². The smallest absolute Gasteiger partial charge is 0.199 e. The second kappa shape index (κ2) is 3.53. The molecule has 64 valence electrons. The standard InChI is InChI=1S/C11H16N/c1-9(2)10-5-7-11(8-6-10)12(3)4/h5-8H,1-4H3/q+1. The first-order valence-corrected chi connectivity index (χ1v) is 4.19. The first-order chi connectivity index (χ1) is 5.61. The Morgan fingerprint density at radius 1 is 1.00 bits per heavy atom. The maximum absolute atomic E-state index is 2.16. The van der Waals surface area contributed by atoms with Gasteiger partial charge in [0.1, 0.15) is 14.1 Å². The van der Waals surface area contributed by atoms with E-state index >= 15 is 0 Å². The zero-order chi connectivity index (χ0) is 9.14. The van der Waals surface area contributed by atoms with E-state index in [9.17, 15) is 0 Å². The second-order valence-electron chi connectivity index (χ2n) is 3.44. The predicted octanol–water partition coefficient (Wildman–Crippen LogP) is 2.16. The van der Waals surface area contributed by atoms with Crippen LogP contribution in [0, 0.1) is 0 Å². The molecule has 0 spiro atoms. The molecule has 0 aromatic heterocycles. The largest absolute Gasteiger partial charge is 0.235 e. The van der Waals surface area contributed by atoms with Crippen LogP contribution in [-0.4, -0.2) is 24.4 Å². The average molecular weight is 162 g/mol. The molecule has 1 nitrogen and oxygen atoms in total. The van der Waals surface area contributed by atoms with Gasteiger partial charge in [-0.2, -0.15) is 0 Å². The third-order valence-electron chi connectivity index (χ3n) is 1.96. The number of hydrogen-bond acceptors (Lipinski definition) is 0. The van der Waals surface area contributed by atoms with Crippen molar-refractivity contribution >= 4 is 5.71 Å². The van der Waals surface area contributed by atoms with Crippen LogP contribution in [0.4, 0.5) is 0 Å². The normalized spacial score (nSPS) is 15.3. The molecule has 0 N–H and O–H groups in total. The quantitative estimate of drug-likeness (QED) is 0.480. The predicted molar refractivity (Wildman–Crippen MR) is 53.8 cm³/mol. The lowest BCUT2D eigenvalue weighted by molar-refractivity contribution is -0.462. The van der Waals surface area contributed by atoms with Crippen molar-refractivity contribution in [3.8, 4) is 0 Å². The van der Waals surface area contributed by atoms with E-state index in [1.807, 2.05) is 0 Å². The third kappa shape index (κ3) is 1.94. The fraction of sp³-hybridized carbons (Fsp3) is 0.364. The summed E-state index contributed by atoms with van der Waals surface area (Å²) in [7, 11) is 4.11. The maximum Gasteiger partial charge on any atom is 0.199 e. The summed E-state index contributed by atoms with van der Waals surface area (Å²) in [5.41, 5.74) is 3.93. The highest BCUT2D eigenvalue weighted by molar-refractivity contribution is 6.02. The Morgan fingerprint density at radius 3 is 1.83 bits per heavy atom. The molecule has 0 saturated carbocycles. The Hall–Kier alpha value is -1.11. The van der Waals surface area contributed by atoms with Crippen molar-refractivity contribution in [1.29, 1.82) is 0 Å². The Kier molecular flexibility index (Phi) is 2.64. The van der Waals surface area contributed by atoms with E-state index < -0.39 is 0 Å². The molecule has 0 atom stereocenters. The molecule has 0 saturated heterocycles. The minimum Gasteiger partial charge on any atom is -0.235 e. The fourth-order valence-electron chi connectivity index (χ4n) is 1.09. The summed E-state index contributed by atoms with van der Waals surface area (Å²) in [6.07, 6.45) is 8.60. The topological polar surface area (TPSA) is 3.01 Å². The summed E-state index contributed by atoms with van der Waals surface area (Å²) < 4.78 is 2.11. The number of allylic oxidation sites excluding steroid dienone is 6. The zero-order valence-electron chi connectivity index (χ0n) is 8.26. The second-order valence-corrected chi connectivity index (χ2v) is 3.44. The van der Waals surface area contributed by atoms with Crippen LogP contribution in [0.3, 0.4) is 0 Å². The average Bonchev–Trinajstić information content (AvgIpc) is 2.04. The fourth-order valence-corrected chi connectivity index (χ4v) is 1.09. The summed E-state index contributed by atoms with van der Waals surface area (Å²) >= 11 is 0. The molecule has 0 heterocycles. The monoisotopic (exact) mass is 162 g/mol. The van der Waals surface area contributed by atoms with Crippen LogP contribution < -0.4 is 0 Å². The van der Waals surface area contributed by atoms with Gasteiger partial charge in [0.05, 0.1) is 0 Å². The lowest BCUT2D eigenvalue weighted by Gasteiger charge is -2.02. The van der Waals surface area contributed by atoms with Gasteiger partial charge in [0.25, 0.3) is 0 Å². The molecule has 1 heteroatoms. The molecule has 0 fully saturated rings. The van der Waals surface area contributed by atoms with Crippen molar-refractivity contribution in [2.24, 2.45) is 0 Å². The highest BCUT2D eigenvalue weighted by Gasteiger charge is 2.03. The van der Waals surface area contributed by atoms with Gasteiger partial charge in [-0.3, -0.25) is 0 Å². The van der Waals surface area contributed by atoms with Crippen molar-refractivity contribution in [2.75, 3.05) is 14.1 Å². The minimum absolute atomic E-state index is 1.25. The van der Waals surface area contributed by atoms with E-state index in [0.717, 1.165) is 0 Å². The van der Waals surface area contributed by atoms with Crippen LogP contribution >= 0.6 is 0 Å². The SMILES string of the molecule is CC(C)=C1C=CC(=[N+](C)C)C=C1. The molecule has 0 aromatic rings. The van der Waals surface area contributed by atoms with E-state index in [4.69, 9.17) is 0 Å². The summed E-state index contributed by atoms with van der Waals surface area (Å²) in [5.74, 6) is 0. The molecule has 0 aliphatic heterocycles. The van der Waals surface area contributed by atoms with E-state index in [2.05, 4.69) is 56.8 Å². The van der Waals surface area contributed by atoms with Crippen molar-refractivity contribution in [3.63, 3.8) is 0 Å². The lowest BCUT2D eigenvalue weighted by atomic mass is 10.0. The van der Waals surface area contributed by atoms with E-state index in [0.29, 0.717) is 0 Å². The molecule has 0 amide bonds. The Balaban J connectivity index is 2.96. The molecular weight excluding hydrogens is 146 g/mol. The zero-order valence-corrected chi connectivity index (χ0v) is 8.26. The van der Waals surface area contributed by atoms with Gasteiger partial charge in [0.2, 0.25) is 0 Å². The Bertz CT molecular complexity index is 245. The first kappa shape index (κ1) is 8.98. The van der Waals surface area contributed by atoms with Crippen LogP contribution in [0.1, 0.15) is 13.8 Å². The van der Waals surface area contributed by atoms with Crippen molar-refractivity contribution in [3.05, 3.63) is 35.5 Å². The van der Waals surface area contributed by atoms with Gasteiger partial charge in [-0.25, -0.2) is 4.58 Å². The number of rotatable bonds is 0. The summed E-state index contributed by atoms with van der Waals surface area (Å²) in [6.45, 7) is 4.26. The summed E-state index contributed by atoms with van der Waals surface area (Å²) in [5, 5.41) is 0. The van der Waals surface area contributed by atoms with Gasteiger partial charge in [-0.15, -0.1) is 0 Å². The highest BCUT2D eigenvalue weighted by Crippen LogP contribution is 2.10. The summed E-state index contributed by atoms with van der Waals surface area (Å²) in [4.78, 5) is 0. The van der Waals surface area contributed by atoms with Crippen LogP contribution in [0.5, 0.6) is 0 Å². The number of hydrogen-bond donors (Lipinski definition) is 0. The molecule has 1 rings (SSSR count). The van der Waals surface area contributed by atoms with Crippen LogP contribution in [0.25, 0.3) is 0 Å². The van der Waals surface area contributed by atoms with Crippen molar-refractivity contribution < 1.29 is 4.58 Å². The van der Waals surface area contributed by atoms with Crippen molar-refractivity contribution in [2.45, 2.75) is 13.8 Å². The molecule has 1 aliphatic rings. The van der Waals surface area contributed by atoms with Gasteiger partial charge >= 0.3 is 0 Å². The lowest BCUT2D eigenvalue weighted by Crippen LogP contribution is -2.09. The summed E-state index contributed by atoms with van der Waals surface area (Å²) in [6, 6.07) is 0. The molecule has 0 bridgehead atoms. The molecule has 1 aliphatic carbocycles. The number of nitrogens with zero attached hydrogens (tertiary/aromatic N) is 1. The van der Waals surface area contributed by atoms with Gasteiger partial charge < -0.3 is 0 Å². The van der Waals surface area contributed by atoms with Gasteiger partial charge in [0, 0.05) is 12.2 Å².